The van der Waals surface area contributed by atoms with E-state index >= 15 is 0 Å². The predicted molar refractivity (Wildman–Crippen MR) is 117 cm³/mol. The van der Waals surface area contributed by atoms with Gasteiger partial charge in [-0.1, -0.05) is 0 Å². The van der Waals surface area contributed by atoms with E-state index in [4.69, 9.17) is 5.73 Å². The Hall–Kier alpha value is -4.42. The van der Waals surface area contributed by atoms with Crippen molar-refractivity contribution in [3.8, 4) is 11.3 Å². The summed E-state index contributed by atoms with van der Waals surface area (Å²) in [6.45, 7) is -0.412. The Morgan fingerprint density at radius 3 is 2.43 bits per heavy atom. The maximum atomic E-state index is 13.8. The quantitative estimate of drug-likeness (QED) is 0.224. The maximum Gasteiger partial charge on any atom is 0.419 e. The van der Waals surface area contributed by atoms with Crippen LogP contribution in [0.2, 0.25) is 0 Å². The smallest absolute Gasteiger partial charge is 0.419 e. The van der Waals surface area contributed by atoms with Crippen LogP contribution in [0.1, 0.15) is 11.4 Å². The number of alkyl halides is 3. The monoisotopic (exact) mass is 495 g/mol. The third-order valence-corrected chi connectivity index (χ3v) is 4.66. The number of amides is 1. The molecule has 0 unspecified atom stereocenters. The highest BCUT2D eigenvalue weighted by Gasteiger charge is 2.34. The zero-order chi connectivity index (χ0) is 25.8. The molecule has 0 aliphatic heterocycles. The van der Waals surface area contributed by atoms with Crippen LogP contribution in [-0.2, 0) is 20.5 Å². The van der Waals surface area contributed by atoms with Crippen molar-refractivity contribution in [2.45, 2.75) is 6.18 Å². The molecule has 0 fully saturated rings. The summed E-state index contributed by atoms with van der Waals surface area (Å²) in [6.07, 6.45) is -4.07. The summed E-state index contributed by atoms with van der Waals surface area (Å²) >= 11 is 0. The molecule has 1 amide bonds. The molecule has 0 saturated heterocycles. The number of imidazole rings is 1. The maximum absolute atomic E-state index is 13.8. The van der Waals surface area contributed by atoms with Gasteiger partial charge in [-0.3, -0.25) is 9.59 Å². The van der Waals surface area contributed by atoms with Crippen LogP contribution in [0.5, 0.6) is 0 Å². The molecule has 3 aromatic rings. The van der Waals surface area contributed by atoms with E-state index in [1.165, 1.54) is 12.1 Å². The largest absolute Gasteiger partial charge is 0.468 e. The van der Waals surface area contributed by atoms with Gasteiger partial charge in [0.1, 0.15) is 24.0 Å². The minimum Gasteiger partial charge on any atom is -0.468 e. The van der Waals surface area contributed by atoms with Crippen LogP contribution in [0.4, 0.5) is 33.5 Å². The first-order valence-corrected chi connectivity index (χ1v) is 9.80. The summed E-state index contributed by atoms with van der Waals surface area (Å²) in [5, 5.41) is 5.07. The number of aromatic nitrogens is 2. The molecule has 1 aromatic heterocycles. The second kappa shape index (κ2) is 10.2. The molecule has 35 heavy (non-hydrogen) atoms. The number of carbonyl (C=O) groups is 2. The van der Waals surface area contributed by atoms with Gasteiger partial charge in [0.2, 0.25) is 0 Å². The van der Waals surface area contributed by atoms with E-state index in [1.54, 1.807) is 0 Å². The van der Waals surface area contributed by atoms with E-state index in [2.05, 4.69) is 25.3 Å². The zero-order valence-corrected chi connectivity index (χ0v) is 18.0. The summed E-state index contributed by atoms with van der Waals surface area (Å²) in [6, 6.07) is 7.09. The van der Waals surface area contributed by atoms with Crippen LogP contribution < -0.4 is 16.4 Å². The van der Waals surface area contributed by atoms with Gasteiger partial charge in [0.05, 0.1) is 23.9 Å². The number of ether oxygens (including phenoxy) is 1. The molecule has 0 aliphatic carbocycles. The molecule has 184 valence electrons. The molecule has 3 rings (SSSR count). The van der Waals surface area contributed by atoms with Crippen LogP contribution in [0.15, 0.2) is 48.7 Å². The Bertz CT molecular complexity index is 1270. The van der Waals surface area contributed by atoms with Crippen LogP contribution in [0, 0.1) is 11.6 Å². The number of halogens is 5. The third-order valence-electron chi connectivity index (χ3n) is 4.66. The van der Waals surface area contributed by atoms with Crippen LogP contribution in [0.3, 0.4) is 0 Å². The van der Waals surface area contributed by atoms with Crippen molar-refractivity contribution in [3.05, 3.63) is 71.7 Å². The number of rotatable bonds is 7. The van der Waals surface area contributed by atoms with Gasteiger partial charge < -0.3 is 26.1 Å². The first-order chi connectivity index (χ1) is 16.5. The Morgan fingerprint density at radius 1 is 1.14 bits per heavy atom. The van der Waals surface area contributed by atoms with E-state index in [0.717, 1.165) is 31.5 Å². The van der Waals surface area contributed by atoms with Crippen LogP contribution in [-0.4, -0.2) is 35.5 Å². The number of hydrogen-bond acceptors (Lipinski definition) is 6. The van der Waals surface area contributed by atoms with Crippen molar-refractivity contribution >= 4 is 29.0 Å². The minimum atomic E-state index is -4.97. The van der Waals surface area contributed by atoms with Gasteiger partial charge in [0.25, 0.3) is 5.91 Å². The number of aromatic amines is 1. The minimum absolute atomic E-state index is 0.0802. The number of esters is 1. The van der Waals surface area contributed by atoms with Crippen molar-refractivity contribution in [2.75, 3.05) is 24.3 Å². The van der Waals surface area contributed by atoms with Crippen molar-refractivity contribution in [3.63, 3.8) is 0 Å². The summed E-state index contributed by atoms with van der Waals surface area (Å²) < 4.78 is 71.1. The number of nitrogens with two attached hydrogens (primary N) is 1. The first kappa shape index (κ1) is 25.2. The second-order valence-electron chi connectivity index (χ2n) is 6.97. The highest BCUT2D eigenvalue weighted by Crippen LogP contribution is 2.36. The van der Waals surface area contributed by atoms with E-state index in [1.807, 2.05) is 0 Å². The average molecular weight is 495 g/mol. The van der Waals surface area contributed by atoms with Gasteiger partial charge in [-0.15, -0.1) is 0 Å². The topological polar surface area (TPSA) is 122 Å². The lowest BCUT2D eigenvalue weighted by atomic mass is 10.1. The van der Waals surface area contributed by atoms with Crippen molar-refractivity contribution < 1.29 is 36.3 Å². The van der Waals surface area contributed by atoms with E-state index in [0.29, 0.717) is 12.1 Å². The normalized spacial score (nSPS) is 11.8. The van der Waals surface area contributed by atoms with Gasteiger partial charge in [0, 0.05) is 17.5 Å². The number of nitrogens with one attached hydrogen (secondary N) is 3. The predicted octanol–water partition coefficient (Wildman–Crippen LogP) is 3.90. The lowest BCUT2D eigenvalue weighted by molar-refractivity contribution is -0.140. The van der Waals surface area contributed by atoms with Crippen molar-refractivity contribution in [1.82, 2.24) is 9.97 Å². The number of nitrogens with zero attached hydrogens (tertiary/aromatic N) is 1. The number of methoxy groups -OCH3 is 1. The van der Waals surface area contributed by atoms with Gasteiger partial charge in [0.15, 0.2) is 5.82 Å². The average Bonchev–Trinajstić information content (AvgIpc) is 3.22. The fraction of sp³-hybridized carbons (Fsp3) is 0.136. The molecule has 0 radical (unpaired) electrons. The number of anilines is 2. The van der Waals surface area contributed by atoms with Gasteiger partial charge in [-0.2, -0.15) is 13.2 Å². The first-order valence-electron chi connectivity index (χ1n) is 9.80. The Morgan fingerprint density at radius 2 is 1.83 bits per heavy atom. The fourth-order valence-corrected chi connectivity index (χ4v) is 2.96. The molecule has 1 heterocycles. The molecule has 2 aromatic carbocycles. The van der Waals surface area contributed by atoms with Crippen molar-refractivity contribution in [2.24, 2.45) is 5.73 Å². The fourth-order valence-electron chi connectivity index (χ4n) is 2.96. The number of hydrogen-bond donors (Lipinski definition) is 4. The van der Waals surface area contributed by atoms with Crippen molar-refractivity contribution in [1.29, 1.82) is 0 Å². The number of carbonyl (C=O) groups excluding carboxylic acids is 2. The van der Waals surface area contributed by atoms with Gasteiger partial charge in [-0.05, 0) is 42.5 Å². The molecule has 0 aliphatic rings. The van der Waals surface area contributed by atoms with Gasteiger partial charge >= 0.3 is 12.1 Å². The molecule has 0 saturated carbocycles. The van der Waals surface area contributed by atoms with Gasteiger partial charge in [-0.25, -0.2) is 13.8 Å². The molecule has 0 spiro atoms. The number of H-pyrrole nitrogens is 1. The van der Waals surface area contributed by atoms with Crippen LogP contribution in [0.25, 0.3) is 16.8 Å². The molecular weight excluding hydrogens is 477 g/mol. The highest BCUT2D eigenvalue weighted by molar-refractivity contribution is 6.24. The standard InChI is InChI=1S/C22H18F5N5O3/c1-35-17(33)10-29-20-18(11-2-7-16(24)15(8-11)22(25,26)27)31-19(32-20)14(9-28)21(34)30-13-5-3-12(23)4-6-13/h2-9,29H,10,28H2,1H3,(H,30,34)(H,31,32)/b14-9+. The SMILES string of the molecule is COC(=O)CNc1nc(/C(=C\N)C(=O)Nc2ccc(F)cc2)[nH]c1-c1ccc(F)c(C(F)(F)F)c1. The lowest BCUT2D eigenvalue weighted by Crippen LogP contribution is -2.16. The Balaban J connectivity index is 2.02. The summed E-state index contributed by atoms with van der Waals surface area (Å²) in [5.41, 5.74) is 3.87. The molecular formula is C22H18F5N5O3. The summed E-state index contributed by atoms with van der Waals surface area (Å²) in [4.78, 5) is 31.1. The second-order valence-corrected chi connectivity index (χ2v) is 6.97. The van der Waals surface area contributed by atoms with E-state index < -0.39 is 41.8 Å². The molecule has 0 bridgehead atoms. The molecule has 8 nitrogen and oxygen atoms in total. The highest BCUT2D eigenvalue weighted by atomic mass is 19.4. The molecule has 5 N–H and O–H groups in total. The lowest BCUT2D eigenvalue weighted by Gasteiger charge is -2.10. The number of benzene rings is 2. The Kier molecular flexibility index (Phi) is 7.37. The molecule has 0 atom stereocenters. The van der Waals surface area contributed by atoms with E-state index in [-0.39, 0.29) is 34.2 Å². The summed E-state index contributed by atoms with van der Waals surface area (Å²) in [7, 11) is 1.13. The summed E-state index contributed by atoms with van der Waals surface area (Å²) in [5.74, 6) is -3.78. The van der Waals surface area contributed by atoms with E-state index in [9.17, 15) is 31.5 Å². The Labute approximate surface area is 195 Å². The third kappa shape index (κ3) is 5.93. The zero-order valence-electron chi connectivity index (χ0n) is 18.0. The molecule has 13 heteroatoms. The van der Waals surface area contributed by atoms with Crippen LogP contribution >= 0.6 is 0 Å².